The van der Waals surface area contributed by atoms with Gasteiger partial charge in [-0.1, -0.05) is 0 Å². The van der Waals surface area contributed by atoms with Gasteiger partial charge in [0.15, 0.2) is 5.82 Å². The van der Waals surface area contributed by atoms with E-state index < -0.39 is 17.7 Å². The van der Waals surface area contributed by atoms with Crippen molar-refractivity contribution in [2.45, 2.75) is 0 Å². The van der Waals surface area contributed by atoms with Crippen LogP contribution in [0.4, 0.5) is 4.39 Å². The Morgan fingerprint density at radius 2 is 2.23 bits per heavy atom. The zero-order chi connectivity index (χ0) is 15.7. The second kappa shape index (κ2) is 5.72. The van der Waals surface area contributed by atoms with Crippen molar-refractivity contribution in [2.75, 3.05) is 26.2 Å². The quantitative estimate of drug-likeness (QED) is 0.748. The van der Waals surface area contributed by atoms with Crippen molar-refractivity contribution in [2.24, 2.45) is 5.92 Å². The molecule has 1 aliphatic rings. The number of halogens is 1. The van der Waals surface area contributed by atoms with Crippen molar-refractivity contribution in [1.29, 1.82) is 0 Å². The average Bonchev–Trinajstić information content (AvgIpc) is 2.74. The van der Waals surface area contributed by atoms with E-state index in [9.17, 15) is 14.0 Å². The molecule has 0 unspecified atom stereocenters. The number of H-pyrrole nitrogens is 1. The van der Waals surface area contributed by atoms with Crippen LogP contribution >= 0.6 is 0 Å². The van der Waals surface area contributed by atoms with E-state index in [1.54, 1.807) is 0 Å². The van der Waals surface area contributed by atoms with Crippen molar-refractivity contribution in [1.82, 2.24) is 20.2 Å². The third kappa shape index (κ3) is 2.77. The summed E-state index contributed by atoms with van der Waals surface area (Å²) >= 11 is 0. The van der Waals surface area contributed by atoms with E-state index in [0.29, 0.717) is 30.7 Å². The number of aromatic nitrogens is 2. The number of imidazole rings is 1. The molecule has 1 fully saturated rings. The van der Waals surface area contributed by atoms with Crippen LogP contribution in [0.15, 0.2) is 18.2 Å². The van der Waals surface area contributed by atoms with Crippen LogP contribution in [0, 0.1) is 11.7 Å². The van der Waals surface area contributed by atoms with Gasteiger partial charge in [-0.05, 0) is 18.2 Å². The van der Waals surface area contributed by atoms with Crippen molar-refractivity contribution in [3.63, 3.8) is 0 Å². The number of fused-ring (bicyclic) bond motifs is 1. The molecular weight excluding hydrogens is 291 g/mol. The molecule has 1 aromatic heterocycles. The molecule has 2 aromatic rings. The third-order valence-corrected chi connectivity index (χ3v) is 3.67. The molecular formula is C14H15FN4O3. The maximum atomic E-state index is 13.2. The number of carbonyl (C=O) groups excluding carboxylic acids is 1. The Kier molecular flexibility index (Phi) is 3.76. The summed E-state index contributed by atoms with van der Waals surface area (Å²) < 4.78 is 13.2. The molecule has 7 nitrogen and oxygen atoms in total. The minimum absolute atomic E-state index is 0.0895. The fourth-order valence-corrected chi connectivity index (χ4v) is 2.49. The Bertz CT molecular complexity index is 730. The molecule has 1 aliphatic heterocycles. The Morgan fingerprint density at radius 3 is 3.00 bits per heavy atom. The summed E-state index contributed by atoms with van der Waals surface area (Å²) in [5.41, 5.74) is 0.929. The molecule has 1 atom stereocenters. The number of aliphatic carboxylic acids is 1. The molecule has 0 bridgehead atoms. The van der Waals surface area contributed by atoms with Crippen LogP contribution in [0.1, 0.15) is 10.6 Å². The largest absolute Gasteiger partial charge is 0.481 e. The highest BCUT2D eigenvalue weighted by Gasteiger charge is 2.28. The molecule has 22 heavy (non-hydrogen) atoms. The number of rotatable bonds is 2. The van der Waals surface area contributed by atoms with Gasteiger partial charge in [0.2, 0.25) is 0 Å². The first-order chi connectivity index (χ1) is 10.5. The van der Waals surface area contributed by atoms with Crippen LogP contribution in [-0.4, -0.2) is 58.0 Å². The van der Waals surface area contributed by atoms with Crippen molar-refractivity contribution >= 4 is 22.9 Å². The van der Waals surface area contributed by atoms with Crippen molar-refractivity contribution in [3.8, 4) is 0 Å². The number of nitrogens with zero attached hydrogens (tertiary/aromatic N) is 2. The fourth-order valence-electron chi connectivity index (χ4n) is 2.49. The summed E-state index contributed by atoms with van der Waals surface area (Å²) in [5, 5.41) is 12.1. The van der Waals surface area contributed by atoms with Crippen LogP contribution in [0.5, 0.6) is 0 Å². The Labute approximate surface area is 125 Å². The third-order valence-electron chi connectivity index (χ3n) is 3.67. The molecule has 1 aromatic carbocycles. The fraction of sp³-hybridized carbons (Fsp3) is 0.357. The number of amides is 1. The first kappa shape index (κ1) is 14.5. The van der Waals surface area contributed by atoms with E-state index in [0.717, 1.165) is 0 Å². The van der Waals surface area contributed by atoms with E-state index in [-0.39, 0.29) is 18.3 Å². The highest BCUT2D eigenvalue weighted by Crippen LogP contribution is 2.15. The van der Waals surface area contributed by atoms with E-state index >= 15 is 0 Å². The maximum Gasteiger partial charge on any atom is 0.309 e. The van der Waals surface area contributed by atoms with Gasteiger partial charge in [0.1, 0.15) is 5.82 Å². The average molecular weight is 306 g/mol. The zero-order valence-electron chi connectivity index (χ0n) is 11.7. The summed E-state index contributed by atoms with van der Waals surface area (Å²) in [6.45, 7) is 1.36. The minimum Gasteiger partial charge on any atom is -0.481 e. The molecule has 2 heterocycles. The highest BCUT2D eigenvalue weighted by atomic mass is 19.1. The van der Waals surface area contributed by atoms with Gasteiger partial charge < -0.3 is 20.3 Å². The van der Waals surface area contributed by atoms with Gasteiger partial charge in [0, 0.05) is 26.2 Å². The lowest BCUT2D eigenvalue weighted by molar-refractivity contribution is -0.141. The van der Waals surface area contributed by atoms with Gasteiger partial charge in [-0.25, -0.2) is 9.37 Å². The lowest BCUT2D eigenvalue weighted by Gasteiger charge is -2.20. The van der Waals surface area contributed by atoms with Gasteiger partial charge in [-0.3, -0.25) is 9.59 Å². The smallest absolute Gasteiger partial charge is 0.309 e. The molecule has 0 aliphatic carbocycles. The van der Waals surface area contributed by atoms with Gasteiger partial charge in [0.25, 0.3) is 5.91 Å². The molecule has 0 radical (unpaired) electrons. The lowest BCUT2D eigenvalue weighted by atomic mass is 10.1. The van der Waals surface area contributed by atoms with Gasteiger partial charge in [-0.2, -0.15) is 0 Å². The molecule has 8 heteroatoms. The molecule has 0 saturated carbocycles. The summed E-state index contributed by atoms with van der Waals surface area (Å²) in [4.78, 5) is 32.0. The van der Waals surface area contributed by atoms with E-state index in [4.69, 9.17) is 5.11 Å². The van der Waals surface area contributed by atoms with Crippen molar-refractivity contribution < 1.29 is 19.1 Å². The first-order valence-electron chi connectivity index (χ1n) is 6.92. The molecule has 1 amide bonds. The standard InChI is InChI=1S/C14H15FN4O3/c15-9-1-2-10-11(5-9)18-12(17-10)13(20)19-4-3-16-6-8(7-19)14(21)22/h1-2,5,8,16H,3-4,6-7H2,(H,17,18)(H,21,22)/t8-/m0/s1. The lowest BCUT2D eigenvalue weighted by Crippen LogP contribution is -2.38. The first-order valence-corrected chi connectivity index (χ1v) is 6.92. The topological polar surface area (TPSA) is 98.3 Å². The molecule has 3 N–H and O–H groups in total. The number of aromatic amines is 1. The minimum atomic E-state index is -0.945. The predicted molar refractivity (Wildman–Crippen MR) is 76.0 cm³/mol. The maximum absolute atomic E-state index is 13.2. The second-order valence-corrected chi connectivity index (χ2v) is 5.24. The van der Waals surface area contributed by atoms with E-state index in [1.165, 1.54) is 23.1 Å². The van der Waals surface area contributed by atoms with Gasteiger partial charge >= 0.3 is 5.97 Å². The van der Waals surface area contributed by atoms with Gasteiger partial charge in [0.05, 0.1) is 17.0 Å². The summed E-state index contributed by atoms with van der Waals surface area (Å²) in [6, 6.07) is 4.03. The van der Waals surface area contributed by atoms with Crippen LogP contribution in [-0.2, 0) is 4.79 Å². The molecule has 0 spiro atoms. The normalized spacial score (nSPS) is 19.1. The number of hydrogen-bond donors (Lipinski definition) is 3. The number of nitrogens with one attached hydrogen (secondary N) is 2. The monoisotopic (exact) mass is 306 g/mol. The Morgan fingerprint density at radius 1 is 1.41 bits per heavy atom. The highest BCUT2D eigenvalue weighted by molar-refractivity contribution is 5.94. The number of hydrogen-bond acceptors (Lipinski definition) is 4. The predicted octanol–water partition coefficient (Wildman–Crippen LogP) is 0.448. The van der Waals surface area contributed by atoms with Gasteiger partial charge in [-0.15, -0.1) is 0 Å². The zero-order valence-corrected chi connectivity index (χ0v) is 11.7. The number of carboxylic acids is 1. The molecule has 116 valence electrons. The summed E-state index contributed by atoms with van der Waals surface area (Å²) in [5.74, 6) is -2.31. The summed E-state index contributed by atoms with van der Waals surface area (Å²) in [6.07, 6.45) is 0. The summed E-state index contributed by atoms with van der Waals surface area (Å²) in [7, 11) is 0. The van der Waals surface area contributed by atoms with Crippen LogP contribution in [0.3, 0.4) is 0 Å². The SMILES string of the molecule is O=C(O)[C@H]1CNCCN(C(=O)c2nc3ccc(F)cc3[nH]2)C1. The number of benzene rings is 1. The van der Waals surface area contributed by atoms with E-state index in [2.05, 4.69) is 15.3 Å². The van der Waals surface area contributed by atoms with E-state index in [1.807, 2.05) is 0 Å². The van der Waals surface area contributed by atoms with Crippen LogP contribution in [0.2, 0.25) is 0 Å². The van der Waals surface area contributed by atoms with Crippen LogP contribution in [0.25, 0.3) is 11.0 Å². The number of carboxylic acid groups (broad SMARTS) is 1. The number of carbonyl (C=O) groups is 2. The Balaban J connectivity index is 1.85. The second-order valence-electron chi connectivity index (χ2n) is 5.24. The molecule has 3 rings (SSSR count). The van der Waals surface area contributed by atoms with Crippen molar-refractivity contribution in [3.05, 3.63) is 29.8 Å². The van der Waals surface area contributed by atoms with Crippen LogP contribution < -0.4 is 5.32 Å². The Hall–Kier alpha value is -2.48. The molecule has 1 saturated heterocycles.